The minimum Gasteiger partial charge on any atom is -0.340 e. The Morgan fingerprint density at radius 1 is 1.26 bits per heavy atom. The van der Waals surface area contributed by atoms with E-state index in [0.29, 0.717) is 13.0 Å². The molecule has 1 rings (SSSR count). The van der Waals surface area contributed by atoms with Gasteiger partial charge in [0.1, 0.15) is 0 Å². The Bertz CT molecular complexity index is 417. The summed E-state index contributed by atoms with van der Waals surface area (Å²) in [4.78, 5) is 13.6. The topological polar surface area (TPSA) is 46.3 Å². The van der Waals surface area contributed by atoms with Crippen molar-refractivity contribution in [3.8, 4) is 0 Å². The van der Waals surface area contributed by atoms with Crippen molar-refractivity contribution in [1.82, 2.24) is 4.90 Å². The summed E-state index contributed by atoms with van der Waals surface area (Å²) in [5.41, 5.74) is 8.35. The third kappa shape index (κ3) is 4.35. The van der Waals surface area contributed by atoms with Crippen LogP contribution in [0.5, 0.6) is 0 Å². The van der Waals surface area contributed by atoms with Gasteiger partial charge >= 0.3 is 0 Å². The number of likely N-dealkylation sites (N-methyl/N-ethyl adjacent to an activating group) is 1. The van der Waals surface area contributed by atoms with Gasteiger partial charge in [-0.15, -0.1) is 0 Å². The lowest BCUT2D eigenvalue weighted by Crippen LogP contribution is -2.40. The SMILES string of the molecule is CC[C@H](N)C(=O)N(C)Cc1ccc(C(C)(C)C)cc1. The molecule has 1 atom stereocenters. The summed E-state index contributed by atoms with van der Waals surface area (Å²) in [5, 5.41) is 0. The number of hydrogen-bond donors (Lipinski definition) is 1. The molecule has 2 N–H and O–H groups in total. The highest BCUT2D eigenvalue weighted by Gasteiger charge is 2.17. The summed E-state index contributed by atoms with van der Waals surface area (Å²) in [7, 11) is 1.80. The first-order valence-corrected chi connectivity index (χ1v) is 6.85. The van der Waals surface area contributed by atoms with Crippen LogP contribution in [0.4, 0.5) is 0 Å². The van der Waals surface area contributed by atoms with E-state index >= 15 is 0 Å². The maximum Gasteiger partial charge on any atom is 0.239 e. The van der Waals surface area contributed by atoms with Gasteiger partial charge in [0.2, 0.25) is 5.91 Å². The number of nitrogens with zero attached hydrogens (tertiary/aromatic N) is 1. The molecule has 0 unspecified atom stereocenters. The van der Waals surface area contributed by atoms with Gasteiger partial charge < -0.3 is 10.6 Å². The molecule has 0 fully saturated rings. The van der Waals surface area contributed by atoms with Gasteiger partial charge in [-0.05, 0) is 23.0 Å². The van der Waals surface area contributed by atoms with Crippen molar-refractivity contribution >= 4 is 5.91 Å². The molecule has 0 bridgehead atoms. The summed E-state index contributed by atoms with van der Waals surface area (Å²) < 4.78 is 0. The number of hydrogen-bond acceptors (Lipinski definition) is 2. The number of nitrogens with two attached hydrogens (primary N) is 1. The molecule has 0 aliphatic heterocycles. The average molecular weight is 262 g/mol. The Hall–Kier alpha value is -1.35. The van der Waals surface area contributed by atoms with Crippen LogP contribution in [-0.4, -0.2) is 23.9 Å². The van der Waals surface area contributed by atoms with Crippen molar-refractivity contribution in [1.29, 1.82) is 0 Å². The van der Waals surface area contributed by atoms with Gasteiger partial charge in [0.15, 0.2) is 0 Å². The van der Waals surface area contributed by atoms with Crippen LogP contribution in [0.2, 0.25) is 0 Å². The summed E-state index contributed by atoms with van der Waals surface area (Å²) >= 11 is 0. The second kappa shape index (κ2) is 6.20. The second-order valence-corrected chi connectivity index (χ2v) is 6.16. The maximum absolute atomic E-state index is 11.9. The highest BCUT2D eigenvalue weighted by atomic mass is 16.2. The molecule has 3 heteroatoms. The lowest BCUT2D eigenvalue weighted by Gasteiger charge is -2.22. The Morgan fingerprint density at radius 2 is 1.79 bits per heavy atom. The van der Waals surface area contributed by atoms with Crippen molar-refractivity contribution < 1.29 is 4.79 Å². The third-order valence-electron chi connectivity index (χ3n) is 3.37. The maximum atomic E-state index is 11.9. The monoisotopic (exact) mass is 262 g/mol. The van der Waals surface area contributed by atoms with E-state index in [1.54, 1.807) is 11.9 Å². The van der Waals surface area contributed by atoms with E-state index < -0.39 is 0 Å². The van der Waals surface area contributed by atoms with E-state index in [0.717, 1.165) is 5.56 Å². The molecule has 0 spiro atoms. The quantitative estimate of drug-likeness (QED) is 0.907. The molecule has 0 aliphatic carbocycles. The van der Waals surface area contributed by atoms with Gasteiger partial charge in [-0.1, -0.05) is 52.0 Å². The minimum absolute atomic E-state index is 0.00222. The largest absolute Gasteiger partial charge is 0.340 e. The summed E-state index contributed by atoms with van der Waals surface area (Å²) in [5.74, 6) is 0.00222. The molecule has 0 saturated heterocycles. The van der Waals surface area contributed by atoms with Crippen LogP contribution in [0.3, 0.4) is 0 Å². The van der Waals surface area contributed by atoms with E-state index in [1.807, 2.05) is 6.92 Å². The molecule has 0 aromatic heterocycles. The van der Waals surface area contributed by atoms with E-state index in [1.165, 1.54) is 5.56 Å². The van der Waals surface area contributed by atoms with Crippen molar-refractivity contribution in [3.63, 3.8) is 0 Å². The number of benzene rings is 1. The summed E-state index contributed by atoms with van der Waals surface area (Å²) in [6, 6.07) is 8.05. The van der Waals surface area contributed by atoms with Crippen molar-refractivity contribution in [2.75, 3.05) is 7.05 Å². The zero-order valence-electron chi connectivity index (χ0n) is 12.7. The number of carbonyl (C=O) groups is 1. The molecular formula is C16H26N2O. The molecule has 1 aromatic carbocycles. The minimum atomic E-state index is -0.390. The van der Waals surface area contributed by atoms with Crippen LogP contribution in [0.1, 0.15) is 45.2 Å². The Labute approximate surface area is 116 Å². The fourth-order valence-electron chi connectivity index (χ4n) is 1.92. The highest BCUT2D eigenvalue weighted by molar-refractivity contribution is 5.81. The predicted molar refractivity (Wildman–Crippen MR) is 79.9 cm³/mol. The van der Waals surface area contributed by atoms with Crippen LogP contribution >= 0.6 is 0 Å². The molecular weight excluding hydrogens is 236 g/mol. The molecule has 3 nitrogen and oxygen atoms in total. The van der Waals surface area contributed by atoms with Crippen LogP contribution < -0.4 is 5.73 Å². The fourth-order valence-corrected chi connectivity index (χ4v) is 1.92. The first-order chi connectivity index (χ1) is 8.75. The fraction of sp³-hybridized carbons (Fsp3) is 0.562. The van der Waals surface area contributed by atoms with Crippen molar-refractivity contribution in [3.05, 3.63) is 35.4 Å². The zero-order valence-corrected chi connectivity index (χ0v) is 12.7. The van der Waals surface area contributed by atoms with Gasteiger partial charge in [-0.25, -0.2) is 0 Å². The number of carbonyl (C=O) groups excluding carboxylic acids is 1. The second-order valence-electron chi connectivity index (χ2n) is 6.16. The lowest BCUT2D eigenvalue weighted by molar-refractivity contribution is -0.131. The lowest BCUT2D eigenvalue weighted by atomic mass is 9.87. The molecule has 106 valence electrons. The standard InChI is InChI=1S/C16H26N2O/c1-6-14(17)15(19)18(5)11-12-7-9-13(10-8-12)16(2,3)4/h7-10,14H,6,11,17H2,1-5H3/t14-/m0/s1. The normalized spacial score (nSPS) is 13.2. The molecule has 1 amide bonds. The van der Waals surface area contributed by atoms with Gasteiger partial charge in [0, 0.05) is 13.6 Å². The summed E-state index contributed by atoms with van der Waals surface area (Å²) in [6.45, 7) is 9.11. The van der Waals surface area contributed by atoms with E-state index in [2.05, 4.69) is 45.0 Å². The van der Waals surface area contributed by atoms with Crippen LogP contribution in [0.15, 0.2) is 24.3 Å². The van der Waals surface area contributed by atoms with Crippen LogP contribution in [-0.2, 0) is 16.8 Å². The smallest absolute Gasteiger partial charge is 0.239 e. The van der Waals surface area contributed by atoms with Gasteiger partial charge in [0.25, 0.3) is 0 Å². The number of amides is 1. The zero-order chi connectivity index (χ0) is 14.6. The van der Waals surface area contributed by atoms with Crippen LogP contribution in [0, 0.1) is 0 Å². The third-order valence-corrected chi connectivity index (χ3v) is 3.37. The number of rotatable bonds is 4. The summed E-state index contributed by atoms with van der Waals surface area (Å²) in [6.07, 6.45) is 0.673. The Morgan fingerprint density at radius 3 is 2.21 bits per heavy atom. The van der Waals surface area contributed by atoms with Crippen molar-refractivity contribution in [2.45, 2.75) is 52.1 Å². The van der Waals surface area contributed by atoms with Gasteiger partial charge in [-0.3, -0.25) is 4.79 Å². The van der Waals surface area contributed by atoms with Gasteiger partial charge in [0.05, 0.1) is 6.04 Å². The Balaban J connectivity index is 2.71. The Kier molecular flexibility index (Phi) is 5.12. The van der Waals surface area contributed by atoms with E-state index in [-0.39, 0.29) is 17.4 Å². The van der Waals surface area contributed by atoms with Crippen LogP contribution in [0.25, 0.3) is 0 Å². The van der Waals surface area contributed by atoms with Gasteiger partial charge in [-0.2, -0.15) is 0 Å². The molecule has 0 heterocycles. The molecule has 19 heavy (non-hydrogen) atoms. The first-order valence-electron chi connectivity index (χ1n) is 6.85. The molecule has 0 radical (unpaired) electrons. The van der Waals surface area contributed by atoms with E-state index in [4.69, 9.17) is 5.73 Å². The molecule has 0 saturated carbocycles. The average Bonchev–Trinajstić information content (AvgIpc) is 2.36. The molecule has 1 aromatic rings. The first kappa shape index (κ1) is 15.7. The highest BCUT2D eigenvalue weighted by Crippen LogP contribution is 2.22. The van der Waals surface area contributed by atoms with Crippen molar-refractivity contribution in [2.24, 2.45) is 5.73 Å². The predicted octanol–water partition coefficient (Wildman–Crippen LogP) is 2.68. The molecule has 0 aliphatic rings. The van der Waals surface area contributed by atoms with E-state index in [9.17, 15) is 4.79 Å².